The van der Waals surface area contributed by atoms with E-state index in [0.717, 1.165) is 17.1 Å². The first-order chi connectivity index (χ1) is 27.3. The maximum atomic E-state index is 2.41. The lowest BCUT2D eigenvalue weighted by Gasteiger charge is -2.28. The zero-order valence-corrected chi connectivity index (χ0v) is 30.3. The van der Waals surface area contributed by atoms with Gasteiger partial charge in [-0.2, -0.15) is 0 Å². The molecule has 0 fully saturated rings. The van der Waals surface area contributed by atoms with Gasteiger partial charge in [-0.05, 0) is 113 Å². The summed E-state index contributed by atoms with van der Waals surface area (Å²) in [5.74, 6) is 0. The van der Waals surface area contributed by atoms with Gasteiger partial charge in [0, 0.05) is 17.1 Å². The lowest BCUT2D eigenvalue weighted by Crippen LogP contribution is -2.10. The molecule has 0 aliphatic heterocycles. The molecule has 0 aliphatic rings. The van der Waals surface area contributed by atoms with E-state index >= 15 is 0 Å². The molecule has 258 valence electrons. The molecular weight excluding hydrogens is 663 g/mol. The van der Waals surface area contributed by atoms with Gasteiger partial charge < -0.3 is 4.90 Å². The van der Waals surface area contributed by atoms with E-state index in [4.69, 9.17) is 0 Å². The summed E-state index contributed by atoms with van der Waals surface area (Å²) in [4.78, 5) is 2.41. The summed E-state index contributed by atoms with van der Waals surface area (Å²) in [6.45, 7) is 0. The third-order valence-electron chi connectivity index (χ3n) is 10.9. The molecule has 0 aromatic heterocycles. The van der Waals surface area contributed by atoms with Crippen LogP contribution in [0.1, 0.15) is 0 Å². The normalized spacial score (nSPS) is 11.3. The van der Waals surface area contributed by atoms with Crippen LogP contribution in [-0.2, 0) is 0 Å². The van der Waals surface area contributed by atoms with Gasteiger partial charge in [-0.15, -0.1) is 0 Å². The number of hydrogen-bond donors (Lipinski definition) is 0. The molecule has 10 aromatic rings. The molecule has 1 heteroatoms. The molecule has 0 atom stereocenters. The van der Waals surface area contributed by atoms with Crippen LogP contribution in [0.5, 0.6) is 0 Å². The SMILES string of the molecule is c1ccc(-c2ccccc2-c2ccc(N(c3ccc(-c4cccc5ccccc45)cc3)c3ccc4ccc5ccccc5c4c3)cc2-c2ccccc2)cc1. The molecule has 0 unspecified atom stereocenters. The van der Waals surface area contributed by atoms with Crippen molar-refractivity contribution < 1.29 is 0 Å². The highest BCUT2D eigenvalue weighted by atomic mass is 15.1. The van der Waals surface area contributed by atoms with Crippen molar-refractivity contribution in [3.8, 4) is 44.5 Å². The average molecular weight is 700 g/mol. The van der Waals surface area contributed by atoms with Gasteiger partial charge in [0.1, 0.15) is 0 Å². The monoisotopic (exact) mass is 699 g/mol. The predicted molar refractivity (Wildman–Crippen MR) is 235 cm³/mol. The Kier molecular flexibility index (Phi) is 8.24. The van der Waals surface area contributed by atoms with E-state index in [1.165, 1.54) is 76.8 Å². The second-order valence-electron chi connectivity index (χ2n) is 14.1. The van der Waals surface area contributed by atoms with E-state index in [-0.39, 0.29) is 0 Å². The molecule has 10 rings (SSSR count). The fourth-order valence-corrected chi connectivity index (χ4v) is 8.19. The molecule has 1 nitrogen and oxygen atoms in total. The Balaban J connectivity index is 1.18. The van der Waals surface area contributed by atoms with Crippen molar-refractivity contribution in [2.75, 3.05) is 4.90 Å². The van der Waals surface area contributed by atoms with E-state index in [1.807, 2.05) is 0 Å². The molecule has 0 spiro atoms. The number of fused-ring (bicyclic) bond motifs is 4. The lowest BCUT2D eigenvalue weighted by atomic mass is 9.89. The van der Waals surface area contributed by atoms with E-state index in [1.54, 1.807) is 0 Å². The lowest BCUT2D eigenvalue weighted by molar-refractivity contribution is 1.29. The van der Waals surface area contributed by atoms with Gasteiger partial charge in [-0.25, -0.2) is 0 Å². The molecule has 10 aromatic carbocycles. The van der Waals surface area contributed by atoms with Crippen molar-refractivity contribution in [1.29, 1.82) is 0 Å². The second-order valence-corrected chi connectivity index (χ2v) is 14.1. The molecule has 55 heavy (non-hydrogen) atoms. The molecule has 0 saturated carbocycles. The molecule has 0 amide bonds. The summed E-state index contributed by atoms with van der Waals surface area (Å²) in [5, 5.41) is 7.47. The summed E-state index contributed by atoms with van der Waals surface area (Å²) in [7, 11) is 0. The number of hydrogen-bond acceptors (Lipinski definition) is 1. The van der Waals surface area contributed by atoms with E-state index in [9.17, 15) is 0 Å². The van der Waals surface area contributed by atoms with Crippen molar-refractivity contribution in [2.24, 2.45) is 0 Å². The molecule has 0 radical (unpaired) electrons. The quantitative estimate of drug-likeness (QED) is 0.150. The van der Waals surface area contributed by atoms with E-state index in [0.29, 0.717) is 0 Å². The highest BCUT2D eigenvalue weighted by Gasteiger charge is 2.19. The molecule has 0 N–H and O–H groups in total. The third-order valence-corrected chi connectivity index (χ3v) is 10.9. The third kappa shape index (κ3) is 6.02. The average Bonchev–Trinajstić information content (AvgIpc) is 3.27. The van der Waals surface area contributed by atoms with Gasteiger partial charge in [-0.3, -0.25) is 0 Å². The Hall–Kier alpha value is -7.22. The zero-order chi connectivity index (χ0) is 36.6. The fraction of sp³-hybridized carbons (Fsp3) is 0. The van der Waals surface area contributed by atoms with Crippen LogP contribution in [0.15, 0.2) is 224 Å². The number of benzene rings is 10. The maximum Gasteiger partial charge on any atom is 0.0468 e. The maximum absolute atomic E-state index is 2.41. The minimum atomic E-state index is 1.09. The van der Waals surface area contributed by atoms with Gasteiger partial charge in [-0.1, -0.05) is 188 Å². The van der Waals surface area contributed by atoms with Crippen molar-refractivity contribution in [1.82, 2.24) is 0 Å². The van der Waals surface area contributed by atoms with Crippen molar-refractivity contribution in [3.63, 3.8) is 0 Å². The molecule has 0 saturated heterocycles. The van der Waals surface area contributed by atoms with Crippen LogP contribution in [0.3, 0.4) is 0 Å². The van der Waals surface area contributed by atoms with E-state index in [2.05, 4.69) is 229 Å². The van der Waals surface area contributed by atoms with Crippen LogP contribution in [0, 0.1) is 0 Å². The first kappa shape index (κ1) is 32.4. The Morgan fingerprint density at radius 1 is 0.218 bits per heavy atom. The Bertz CT molecular complexity index is 2960. The Morgan fingerprint density at radius 3 is 1.42 bits per heavy atom. The van der Waals surface area contributed by atoms with Crippen molar-refractivity contribution in [3.05, 3.63) is 224 Å². The Morgan fingerprint density at radius 2 is 0.673 bits per heavy atom. The standard InChI is InChI=1S/C54H37N/c1-3-14-38(15-4-1)49-22-11-12-24-51(49)52-35-34-46(37-54(52)40-16-5-2-6-17-40)55(45-33-30-43-27-26-41-19-8-10-23-50(41)53(43)36-45)44-31-28-42(29-32-44)48-25-13-20-39-18-7-9-21-47(39)48/h1-37H. The fourth-order valence-electron chi connectivity index (χ4n) is 8.19. The molecule has 0 bridgehead atoms. The number of rotatable bonds is 7. The molecular formula is C54H37N. The van der Waals surface area contributed by atoms with Gasteiger partial charge in [0.2, 0.25) is 0 Å². The first-order valence-electron chi connectivity index (χ1n) is 18.9. The Labute approximate surface area is 322 Å². The summed E-state index contributed by atoms with van der Waals surface area (Å²) in [6.07, 6.45) is 0. The van der Waals surface area contributed by atoms with Crippen molar-refractivity contribution in [2.45, 2.75) is 0 Å². The second kappa shape index (κ2) is 14.0. The van der Waals surface area contributed by atoms with Crippen LogP contribution in [-0.4, -0.2) is 0 Å². The summed E-state index contributed by atoms with van der Waals surface area (Å²) < 4.78 is 0. The number of anilines is 3. The summed E-state index contributed by atoms with van der Waals surface area (Å²) in [6, 6.07) is 81.5. The minimum Gasteiger partial charge on any atom is -0.310 e. The largest absolute Gasteiger partial charge is 0.310 e. The predicted octanol–water partition coefficient (Wildman–Crippen LogP) is 15.3. The highest BCUT2D eigenvalue weighted by Crippen LogP contribution is 2.44. The van der Waals surface area contributed by atoms with Crippen LogP contribution in [0.25, 0.3) is 76.8 Å². The first-order valence-corrected chi connectivity index (χ1v) is 18.9. The number of nitrogens with zero attached hydrogens (tertiary/aromatic N) is 1. The minimum absolute atomic E-state index is 1.09. The zero-order valence-electron chi connectivity index (χ0n) is 30.3. The molecule has 0 aliphatic carbocycles. The molecule has 0 heterocycles. The summed E-state index contributed by atoms with van der Waals surface area (Å²) >= 11 is 0. The smallest absolute Gasteiger partial charge is 0.0468 e. The van der Waals surface area contributed by atoms with Crippen LogP contribution in [0.4, 0.5) is 17.1 Å². The van der Waals surface area contributed by atoms with Crippen LogP contribution < -0.4 is 4.90 Å². The van der Waals surface area contributed by atoms with Gasteiger partial charge in [0.25, 0.3) is 0 Å². The van der Waals surface area contributed by atoms with Crippen molar-refractivity contribution >= 4 is 49.4 Å². The van der Waals surface area contributed by atoms with Crippen LogP contribution >= 0.6 is 0 Å². The van der Waals surface area contributed by atoms with Gasteiger partial charge >= 0.3 is 0 Å². The summed E-state index contributed by atoms with van der Waals surface area (Å²) in [5.41, 5.74) is 12.9. The van der Waals surface area contributed by atoms with Gasteiger partial charge in [0.05, 0.1) is 0 Å². The highest BCUT2D eigenvalue weighted by molar-refractivity contribution is 6.09. The van der Waals surface area contributed by atoms with Crippen LogP contribution in [0.2, 0.25) is 0 Å². The van der Waals surface area contributed by atoms with E-state index < -0.39 is 0 Å². The van der Waals surface area contributed by atoms with Gasteiger partial charge in [0.15, 0.2) is 0 Å². The topological polar surface area (TPSA) is 3.24 Å².